The van der Waals surface area contributed by atoms with E-state index in [4.69, 9.17) is 10.5 Å². The molecule has 0 radical (unpaired) electrons. The molecule has 2 heteroatoms. The summed E-state index contributed by atoms with van der Waals surface area (Å²) in [6.07, 6.45) is 0. The minimum Gasteiger partial charge on any atom is -0.492 e. The lowest BCUT2D eigenvalue weighted by Gasteiger charge is -2.10. The zero-order valence-electron chi connectivity index (χ0n) is 9.16. The van der Waals surface area contributed by atoms with Crippen molar-refractivity contribution in [2.75, 3.05) is 6.61 Å². The van der Waals surface area contributed by atoms with Crippen LogP contribution >= 0.6 is 0 Å². The van der Waals surface area contributed by atoms with Gasteiger partial charge in [-0.3, -0.25) is 0 Å². The molecule has 0 amide bonds. The van der Waals surface area contributed by atoms with Crippen molar-refractivity contribution < 1.29 is 4.74 Å². The normalized spacial score (nSPS) is 12.9. The Bertz CT molecular complexity index is 264. The quantitative estimate of drug-likeness (QED) is 0.797. The first-order valence-corrected chi connectivity index (χ1v) is 5.08. The molecule has 0 unspecified atom stereocenters. The Morgan fingerprint density at radius 2 is 1.71 bits per heavy atom. The Labute approximate surface area is 86.1 Å². The van der Waals surface area contributed by atoms with Crippen LogP contribution in [0.3, 0.4) is 0 Å². The predicted molar refractivity (Wildman–Crippen MR) is 59.7 cm³/mol. The topological polar surface area (TPSA) is 35.2 Å². The van der Waals surface area contributed by atoms with Gasteiger partial charge in [-0.1, -0.05) is 26.0 Å². The summed E-state index contributed by atoms with van der Waals surface area (Å²) < 4.78 is 5.48. The molecule has 0 fully saturated rings. The van der Waals surface area contributed by atoms with Gasteiger partial charge in [0.25, 0.3) is 0 Å². The van der Waals surface area contributed by atoms with Gasteiger partial charge in [-0.05, 0) is 30.5 Å². The zero-order chi connectivity index (χ0) is 10.6. The molecule has 0 spiro atoms. The molecular weight excluding hydrogens is 174 g/mol. The molecular formula is C12H19NO. The third-order valence-corrected chi connectivity index (χ3v) is 2.06. The maximum absolute atomic E-state index is 5.59. The van der Waals surface area contributed by atoms with Crippen molar-refractivity contribution in [3.8, 4) is 5.75 Å². The average molecular weight is 193 g/mol. The molecule has 1 atom stereocenters. The van der Waals surface area contributed by atoms with Gasteiger partial charge >= 0.3 is 0 Å². The van der Waals surface area contributed by atoms with Crippen LogP contribution in [0.5, 0.6) is 5.75 Å². The fraction of sp³-hybridized carbons (Fsp3) is 0.500. The molecule has 1 aromatic rings. The molecule has 14 heavy (non-hydrogen) atoms. The standard InChI is InChI=1S/C12H19NO/c1-9(2)11-4-6-12(7-5-11)14-8-10(3)13/h4-7,9-10H,8,13H2,1-3H3/t10-/m1/s1. The van der Waals surface area contributed by atoms with E-state index >= 15 is 0 Å². The molecule has 1 aromatic carbocycles. The fourth-order valence-electron chi connectivity index (χ4n) is 1.18. The highest BCUT2D eigenvalue weighted by Crippen LogP contribution is 2.18. The Kier molecular flexibility index (Phi) is 3.96. The van der Waals surface area contributed by atoms with Gasteiger partial charge in [0, 0.05) is 6.04 Å². The van der Waals surface area contributed by atoms with Crippen LogP contribution in [0.2, 0.25) is 0 Å². The highest BCUT2D eigenvalue weighted by atomic mass is 16.5. The number of hydrogen-bond donors (Lipinski definition) is 1. The minimum atomic E-state index is 0.0831. The Balaban J connectivity index is 2.55. The summed E-state index contributed by atoms with van der Waals surface area (Å²) in [4.78, 5) is 0. The van der Waals surface area contributed by atoms with Crippen LogP contribution in [0, 0.1) is 0 Å². The number of benzene rings is 1. The van der Waals surface area contributed by atoms with E-state index in [1.165, 1.54) is 5.56 Å². The Morgan fingerprint density at radius 3 is 2.14 bits per heavy atom. The van der Waals surface area contributed by atoms with E-state index in [9.17, 15) is 0 Å². The third-order valence-electron chi connectivity index (χ3n) is 2.06. The van der Waals surface area contributed by atoms with Gasteiger partial charge < -0.3 is 10.5 Å². The summed E-state index contributed by atoms with van der Waals surface area (Å²) in [5, 5.41) is 0. The van der Waals surface area contributed by atoms with Crippen molar-refractivity contribution >= 4 is 0 Å². The molecule has 0 aliphatic heterocycles. The number of hydrogen-bond acceptors (Lipinski definition) is 2. The highest BCUT2D eigenvalue weighted by Gasteiger charge is 2.00. The van der Waals surface area contributed by atoms with Crippen molar-refractivity contribution in [1.82, 2.24) is 0 Å². The maximum atomic E-state index is 5.59. The van der Waals surface area contributed by atoms with Crippen LogP contribution in [-0.2, 0) is 0 Å². The molecule has 2 N–H and O–H groups in total. The molecule has 0 aliphatic carbocycles. The first-order chi connectivity index (χ1) is 6.59. The summed E-state index contributed by atoms with van der Waals surface area (Å²) in [5.74, 6) is 1.46. The van der Waals surface area contributed by atoms with Gasteiger partial charge in [-0.25, -0.2) is 0 Å². The monoisotopic (exact) mass is 193 g/mol. The van der Waals surface area contributed by atoms with Crippen molar-refractivity contribution in [3.63, 3.8) is 0 Å². The van der Waals surface area contributed by atoms with Crippen molar-refractivity contribution in [3.05, 3.63) is 29.8 Å². The van der Waals surface area contributed by atoms with Crippen LogP contribution in [0.4, 0.5) is 0 Å². The van der Waals surface area contributed by atoms with Crippen LogP contribution in [-0.4, -0.2) is 12.6 Å². The van der Waals surface area contributed by atoms with Crippen molar-refractivity contribution in [1.29, 1.82) is 0 Å². The fourth-order valence-corrected chi connectivity index (χ4v) is 1.18. The predicted octanol–water partition coefficient (Wildman–Crippen LogP) is 2.54. The van der Waals surface area contributed by atoms with E-state index in [1.807, 2.05) is 19.1 Å². The first-order valence-electron chi connectivity index (χ1n) is 5.08. The van der Waals surface area contributed by atoms with Crippen molar-refractivity contribution in [2.24, 2.45) is 5.73 Å². The van der Waals surface area contributed by atoms with E-state index in [1.54, 1.807) is 0 Å². The van der Waals surface area contributed by atoms with Gasteiger partial charge in [0.2, 0.25) is 0 Å². The number of ether oxygens (including phenoxy) is 1. The van der Waals surface area contributed by atoms with Gasteiger partial charge in [0.15, 0.2) is 0 Å². The molecule has 0 aliphatic rings. The van der Waals surface area contributed by atoms with Crippen LogP contribution in [0.15, 0.2) is 24.3 Å². The Morgan fingerprint density at radius 1 is 1.14 bits per heavy atom. The zero-order valence-corrected chi connectivity index (χ0v) is 9.16. The van der Waals surface area contributed by atoms with E-state index in [-0.39, 0.29) is 6.04 Å². The first kappa shape index (κ1) is 11.1. The van der Waals surface area contributed by atoms with Gasteiger partial charge in [-0.15, -0.1) is 0 Å². The largest absolute Gasteiger partial charge is 0.492 e. The molecule has 0 heterocycles. The number of nitrogens with two attached hydrogens (primary N) is 1. The van der Waals surface area contributed by atoms with Gasteiger partial charge in [-0.2, -0.15) is 0 Å². The van der Waals surface area contributed by atoms with E-state index < -0.39 is 0 Å². The maximum Gasteiger partial charge on any atom is 0.119 e. The lowest BCUT2D eigenvalue weighted by molar-refractivity contribution is 0.296. The van der Waals surface area contributed by atoms with Crippen LogP contribution in [0.25, 0.3) is 0 Å². The second kappa shape index (κ2) is 5.01. The summed E-state index contributed by atoms with van der Waals surface area (Å²) in [7, 11) is 0. The smallest absolute Gasteiger partial charge is 0.119 e. The molecule has 0 saturated carbocycles. The summed E-state index contributed by atoms with van der Waals surface area (Å²) >= 11 is 0. The highest BCUT2D eigenvalue weighted by molar-refractivity contribution is 5.28. The van der Waals surface area contributed by atoms with E-state index in [0.717, 1.165) is 5.75 Å². The Hall–Kier alpha value is -1.02. The van der Waals surface area contributed by atoms with Crippen LogP contribution in [0.1, 0.15) is 32.3 Å². The molecule has 0 aromatic heterocycles. The lowest BCUT2D eigenvalue weighted by Crippen LogP contribution is -2.23. The van der Waals surface area contributed by atoms with E-state index in [2.05, 4.69) is 26.0 Å². The second-order valence-electron chi connectivity index (χ2n) is 4.01. The number of rotatable bonds is 4. The molecule has 2 nitrogen and oxygen atoms in total. The molecule has 0 bridgehead atoms. The average Bonchev–Trinajstić information content (AvgIpc) is 2.15. The van der Waals surface area contributed by atoms with E-state index in [0.29, 0.717) is 12.5 Å². The SMILES string of the molecule is CC(C)c1ccc(OC[C@@H](C)N)cc1. The van der Waals surface area contributed by atoms with Crippen molar-refractivity contribution in [2.45, 2.75) is 32.7 Å². The molecule has 78 valence electrons. The summed E-state index contributed by atoms with van der Waals surface area (Å²) in [5.41, 5.74) is 6.92. The molecule has 0 saturated heterocycles. The third kappa shape index (κ3) is 3.38. The summed E-state index contributed by atoms with van der Waals surface area (Å²) in [6, 6.07) is 8.28. The van der Waals surface area contributed by atoms with Gasteiger partial charge in [0.05, 0.1) is 0 Å². The van der Waals surface area contributed by atoms with Crippen LogP contribution < -0.4 is 10.5 Å². The molecule has 1 rings (SSSR count). The second-order valence-corrected chi connectivity index (χ2v) is 4.01. The summed E-state index contributed by atoms with van der Waals surface area (Å²) in [6.45, 7) is 6.86. The minimum absolute atomic E-state index is 0.0831. The van der Waals surface area contributed by atoms with Gasteiger partial charge in [0.1, 0.15) is 12.4 Å². The lowest BCUT2D eigenvalue weighted by atomic mass is 10.0.